The molecule has 1 aliphatic carbocycles. The van der Waals surface area contributed by atoms with E-state index < -0.39 is 0 Å². The van der Waals surface area contributed by atoms with Crippen LogP contribution in [0.2, 0.25) is 5.02 Å². The molecule has 0 heterocycles. The highest BCUT2D eigenvalue weighted by molar-refractivity contribution is 9.10. The number of hydrogen-bond acceptors (Lipinski definition) is 1. The third kappa shape index (κ3) is 5.05. The minimum absolute atomic E-state index is 0.566. The molecule has 0 saturated heterocycles. The van der Waals surface area contributed by atoms with Crippen molar-refractivity contribution >= 4 is 27.5 Å². The lowest BCUT2D eigenvalue weighted by Gasteiger charge is -2.22. The highest BCUT2D eigenvalue weighted by Gasteiger charge is 2.20. The minimum Gasteiger partial charge on any atom is -0.314 e. The third-order valence-corrected chi connectivity index (χ3v) is 5.10. The maximum absolute atomic E-state index is 6.37. The van der Waals surface area contributed by atoms with E-state index >= 15 is 0 Å². The van der Waals surface area contributed by atoms with Gasteiger partial charge in [0.2, 0.25) is 0 Å². The van der Waals surface area contributed by atoms with Gasteiger partial charge < -0.3 is 5.32 Å². The second-order valence-electron chi connectivity index (χ2n) is 5.98. The van der Waals surface area contributed by atoms with E-state index in [9.17, 15) is 0 Å². The first-order valence-electron chi connectivity index (χ1n) is 7.86. The smallest absolute Gasteiger partial charge is 0.0449 e. The monoisotopic (exact) mass is 357 g/mol. The van der Waals surface area contributed by atoms with Crippen molar-refractivity contribution in [2.24, 2.45) is 5.92 Å². The van der Waals surface area contributed by atoms with E-state index in [1.165, 1.54) is 44.1 Å². The summed E-state index contributed by atoms with van der Waals surface area (Å²) in [5.74, 6) is 0.915. The zero-order valence-corrected chi connectivity index (χ0v) is 14.6. The van der Waals surface area contributed by atoms with Crippen LogP contribution in [-0.2, 0) is 6.42 Å². The Labute approximate surface area is 136 Å². The van der Waals surface area contributed by atoms with Crippen LogP contribution in [0.4, 0.5) is 0 Å². The molecular formula is C17H25BrClN. The number of nitrogens with one attached hydrogen (secondary N) is 1. The lowest BCUT2D eigenvalue weighted by Crippen LogP contribution is -2.33. The van der Waals surface area contributed by atoms with Gasteiger partial charge in [0.25, 0.3) is 0 Å². The van der Waals surface area contributed by atoms with Crippen LogP contribution < -0.4 is 5.32 Å². The van der Waals surface area contributed by atoms with Gasteiger partial charge in [0.15, 0.2) is 0 Å². The molecule has 3 heteroatoms. The zero-order valence-electron chi connectivity index (χ0n) is 12.3. The fraction of sp³-hybridized carbons (Fsp3) is 0.647. The molecule has 1 atom stereocenters. The molecule has 1 aromatic rings. The summed E-state index contributed by atoms with van der Waals surface area (Å²) in [7, 11) is 0. The molecule has 0 aliphatic heterocycles. The van der Waals surface area contributed by atoms with E-state index in [0.29, 0.717) is 6.04 Å². The average molecular weight is 359 g/mol. The molecule has 0 aromatic heterocycles. The number of halogens is 2. The van der Waals surface area contributed by atoms with Gasteiger partial charge in [-0.05, 0) is 49.4 Å². The normalized spacial score (nSPS) is 17.6. The quantitative estimate of drug-likeness (QED) is 0.669. The Morgan fingerprint density at radius 2 is 2.10 bits per heavy atom. The fourth-order valence-corrected chi connectivity index (χ4v) is 3.94. The largest absolute Gasteiger partial charge is 0.314 e. The molecule has 112 valence electrons. The van der Waals surface area contributed by atoms with Gasteiger partial charge in [0.1, 0.15) is 0 Å². The summed E-state index contributed by atoms with van der Waals surface area (Å²) < 4.78 is 1.06. The van der Waals surface area contributed by atoms with E-state index in [2.05, 4.69) is 40.3 Å². The predicted octanol–water partition coefficient (Wildman–Crippen LogP) is 5.59. The van der Waals surface area contributed by atoms with Crippen LogP contribution >= 0.6 is 27.5 Å². The number of hydrogen-bond donors (Lipinski definition) is 1. The molecule has 0 radical (unpaired) electrons. The molecule has 0 bridgehead atoms. The van der Waals surface area contributed by atoms with Crippen LogP contribution in [0.1, 0.15) is 51.0 Å². The third-order valence-electron chi connectivity index (χ3n) is 4.26. The molecule has 1 unspecified atom stereocenters. The van der Waals surface area contributed by atoms with Crippen LogP contribution in [0.25, 0.3) is 0 Å². The van der Waals surface area contributed by atoms with Crippen molar-refractivity contribution in [3.63, 3.8) is 0 Å². The van der Waals surface area contributed by atoms with E-state index in [4.69, 9.17) is 11.6 Å². The lowest BCUT2D eigenvalue weighted by molar-refractivity contribution is 0.385. The first-order chi connectivity index (χ1) is 9.69. The minimum atomic E-state index is 0.566. The van der Waals surface area contributed by atoms with Crippen molar-refractivity contribution in [1.29, 1.82) is 0 Å². The van der Waals surface area contributed by atoms with Gasteiger partial charge in [0.05, 0.1) is 0 Å². The van der Waals surface area contributed by atoms with Gasteiger partial charge in [-0.25, -0.2) is 0 Å². The number of rotatable bonds is 7. The standard InChI is InChI=1S/C17H25BrClN/c1-2-9-20-16(10-13-5-3-4-6-13)11-14-7-8-15(18)12-17(14)19/h7-8,12-13,16,20H,2-6,9-11H2,1H3. The van der Waals surface area contributed by atoms with Crippen LogP contribution in [0.15, 0.2) is 22.7 Å². The predicted molar refractivity (Wildman–Crippen MR) is 91.5 cm³/mol. The van der Waals surface area contributed by atoms with E-state index in [0.717, 1.165) is 28.4 Å². The van der Waals surface area contributed by atoms with Crippen molar-refractivity contribution in [1.82, 2.24) is 5.32 Å². The van der Waals surface area contributed by atoms with Crippen LogP contribution in [0, 0.1) is 5.92 Å². The highest BCUT2D eigenvalue weighted by atomic mass is 79.9. The van der Waals surface area contributed by atoms with Crippen molar-refractivity contribution in [2.45, 2.75) is 57.9 Å². The molecule has 1 saturated carbocycles. The summed E-state index contributed by atoms with van der Waals surface area (Å²) in [6.45, 7) is 3.33. The van der Waals surface area contributed by atoms with Gasteiger partial charge in [0, 0.05) is 15.5 Å². The van der Waals surface area contributed by atoms with Crippen molar-refractivity contribution < 1.29 is 0 Å². The fourth-order valence-electron chi connectivity index (χ4n) is 3.19. The second-order valence-corrected chi connectivity index (χ2v) is 7.30. The highest BCUT2D eigenvalue weighted by Crippen LogP contribution is 2.30. The molecule has 1 fully saturated rings. The maximum atomic E-state index is 6.37. The van der Waals surface area contributed by atoms with Crippen molar-refractivity contribution in [2.75, 3.05) is 6.54 Å². The first-order valence-corrected chi connectivity index (χ1v) is 9.03. The first kappa shape index (κ1) is 16.3. The topological polar surface area (TPSA) is 12.0 Å². The van der Waals surface area contributed by atoms with Gasteiger partial charge in [-0.2, -0.15) is 0 Å². The Balaban J connectivity index is 1.97. The summed E-state index contributed by atoms with van der Waals surface area (Å²) >= 11 is 9.84. The van der Waals surface area contributed by atoms with Gasteiger partial charge in [-0.15, -0.1) is 0 Å². The second kappa shape index (κ2) is 8.41. The molecule has 0 amide bonds. The molecule has 0 spiro atoms. The summed E-state index contributed by atoms with van der Waals surface area (Å²) in [6, 6.07) is 6.82. The Morgan fingerprint density at radius 3 is 2.75 bits per heavy atom. The Morgan fingerprint density at radius 1 is 1.35 bits per heavy atom. The van der Waals surface area contributed by atoms with E-state index in [1.54, 1.807) is 0 Å². The molecular weight excluding hydrogens is 334 g/mol. The SMILES string of the molecule is CCCNC(Cc1ccc(Br)cc1Cl)CC1CCCC1. The lowest BCUT2D eigenvalue weighted by atomic mass is 9.94. The van der Waals surface area contributed by atoms with Crippen LogP contribution in [0.5, 0.6) is 0 Å². The maximum Gasteiger partial charge on any atom is 0.0449 e. The Hall–Kier alpha value is -0.0500. The van der Waals surface area contributed by atoms with Crippen molar-refractivity contribution in [3.05, 3.63) is 33.3 Å². The molecule has 20 heavy (non-hydrogen) atoms. The van der Waals surface area contributed by atoms with Gasteiger partial charge in [-0.1, -0.05) is 66.2 Å². The number of benzene rings is 1. The molecule has 1 N–H and O–H groups in total. The zero-order chi connectivity index (χ0) is 14.4. The molecule has 1 nitrogen and oxygen atoms in total. The summed E-state index contributed by atoms with van der Waals surface area (Å²) in [6.07, 6.45) is 9.20. The molecule has 2 rings (SSSR count). The Kier molecular flexibility index (Phi) is 6.86. The summed E-state index contributed by atoms with van der Waals surface area (Å²) in [4.78, 5) is 0. The van der Waals surface area contributed by atoms with E-state index in [1.807, 2.05) is 6.07 Å². The van der Waals surface area contributed by atoms with Crippen molar-refractivity contribution in [3.8, 4) is 0 Å². The summed E-state index contributed by atoms with van der Waals surface area (Å²) in [5.41, 5.74) is 1.27. The average Bonchev–Trinajstić information content (AvgIpc) is 2.92. The van der Waals surface area contributed by atoms with Gasteiger partial charge >= 0.3 is 0 Å². The summed E-state index contributed by atoms with van der Waals surface area (Å²) in [5, 5.41) is 4.60. The van der Waals surface area contributed by atoms with E-state index in [-0.39, 0.29) is 0 Å². The Bertz CT molecular complexity index is 415. The van der Waals surface area contributed by atoms with Crippen LogP contribution in [-0.4, -0.2) is 12.6 Å². The molecule has 1 aliphatic rings. The van der Waals surface area contributed by atoms with Gasteiger partial charge in [-0.3, -0.25) is 0 Å². The molecule has 1 aromatic carbocycles. The van der Waals surface area contributed by atoms with Crippen LogP contribution in [0.3, 0.4) is 0 Å².